The third-order valence-electron chi connectivity index (χ3n) is 5.25. The van der Waals surface area contributed by atoms with Crippen molar-refractivity contribution in [1.82, 2.24) is 19.6 Å². The Kier molecular flexibility index (Phi) is 5.18. The zero-order valence-electron chi connectivity index (χ0n) is 15.2. The number of aromatic nitrogens is 2. The number of para-hydroxylation sites is 1. The largest absolute Gasteiger partial charge is 0.341 e. The number of nitrogens with zero attached hydrogens (tertiary/aromatic N) is 4. The van der Waals surface area contributed by atoms with Crippen molar-refractivity contribution in [3.05, 3.63) is 40.7 Å². The lowest BCUT2D eigenvalue weighted by Gasteiger charge is -2.23. The van der Waals surface area contributed by atoms with E-state index in [4.69, 9.17) is 0 Å². The Hall–Kier alpha value is -2.21. The highest BCUT2D eigenvalue weighted by molar-refractivity contribution is 5.79. The summed E-state index contributed by atoms with van der Waals surface area (Å²) in [4.78, 5) is 28.7. The van der Waals surface area contributed by atoms with Crippen molar-refractivity contribution in [2.75, 3.05) is 27.2 Å². The van der Waals surface area contributed by atoms with E-state index < -0.39 is 0 Å². The van der Waals surface area contributed by atoms with Gasteiger partial charge < -0.3 is 9.80 Å². The summed E-state index contributed by atoms with van der Waals surface area (Å²) in [5.74, 6) is 0.692. The number of rotatable bonds is 5. The SMILES string of the molecule is CC[C@@H]1CN(C(=O)CCn2ncc(=O)c3ccccc32)C[C@H]1N(C)C. The third kappa shape index (κ3) is 3.58. The fourth-order valence-corrected chi connectivity index (χ4v) is 3.74. The molecular formula is C19H26N4O2. The van der Waals surface area contributed by atoms with Crippen LogP contribution in [0.4, 0.5) is 0 Å². The molecule has 6 nitrogen and oxygen atoms in total. The highest BCUT2D eigenvalue weighted by Gasteiger charge is 2.34. The summed E-state index contributed by atoms with van der Waals surface area (Å²) in [5.41, 5.74) is 0.694. The fourth-order valence-electron chi connectivity index (χ4n) is 3.74. The van der Waals surface area contributed by atoms with Gasteiger partial charge in [-0.25, -0.2) is 0 Å². The van der Waals surface area contributed by atoms with E-state index in [0.717, 1.165) is 25.0 Å². The standard InChI is InChI=1S/C19H26N4O2/c1-4-14-12-22(13-17(14)21(2)3)19(25)9-10-23-16-8-6-5-7-15(16)18(24)11-20-23/h5-8,11,14,17H,4,9-10,12-13H2,1-3H3/t14-,17-/m1/s1. The number of carbonyl (C=O) groups excluding carboxylic acids is 1. The van der Waals surface area contributed by atoms with E-state index in [9.17, 15) is 9.59 Å². The Morgan fingerprint density at radius 1 is 1.28 bits per heavy atom. The summed E-state index contributed by atoms with van der Waals surface area (Å²) in [6, 6.07) is 7.83. The topological polar surface area (TPSA) is 58.4 Å². The van der Waals surface area contributed by atoms with Crippen LogP contribution in [-0.4, -0.2) is 58.7 Å². The molecule has 3 rings (SSSR count). The number of likely N-dealkylation sites (tertiary alicyclic amines) is 1. The maximum atomic E-state index is 12.7. The van der Waals surface area contributed by atoms with Crippen LogP contribution in [0, 0.1) is 5.92 Å². The minimum absolute atomic E-state index is 0.0858. The Morgan fingerprint density at radius 3 is 2.72 bits per heavy atom. The van der Waals surface area contributed by atoms with Gasteiger partial charge in [-0.15, -0.1) is 0 Å². The van der Waals surface area contributed by atoms with Crippen molar-refractivity contribution in [2.45, 2.75) is 32.4 Å². The first-order valence-corrected chi connectivity index (χ1v) is 8.90. The van der Waals surface area contributed by atoms with E-state index in [1.54, 1.807) is 10.7 Å². The van der Waals surface area contributed by atoms with Crippen LogP contribution < -0.4 is 5.43 Å². The van der Waals surface area contributed by atoms with Gasteiger partial charge in [-0.2, -0.15) is 5.10 Å². The van der Waals surface area contributed by atoms with Crippen LogP contribution in [0.5, 0.6) is 0 Å². The number of likely N-dealkylation sites (N-methyl/N-ethyl adjacent to an activating group) is 1. The number of carbonyl (C=O) groups is 1. The summed E-state index contributed by atoms with van der Waals surface area (Å²) in [6.45, 7) is 4.30. The van der Waals surface area contributed by atoms with Crippen LogP contribution in [0.2, 0.25) is 0 Å². The maximum Gasteiger partial charge on any atom is 0.224 e. The Morgan fingerprint density at radius 2 is 2.04 bits per heavy atom. The van der Waals surface area contributed by atoms with Gasteiger partial charge in [0.15, 0.2) is 0 Å². The maximum absolute atomic E-state index is 12.7. The van der Waals surface area contributed by atoms with E-state index in [-0.39, 0.29) is 11.3 Å². The fraction of sp³-hybridized carbons (Fsp3) is 0.526. The first-order chi connectivity index (χ1) is 12.0. The molecule has 0 saturated carbocycles. The molecule has 0 radical (unpaired) electrons. The smallest absolute Gasteiger partial charge is 0.224 e. The van der Waals surface area contributed by atoms with Crippen LogP contribution in [0.3, 0.4) is 0 Å². The molecule has 1 amide bonds. The molecule has 0 bridgehead atoms. The molecule has 1 aromatic heterocycles. The van der Waals surface area contributed by atoms with Crippen LogP contribution in [-0.2, 0) is 11.3 Å². The first-order valence-electron chi connectivity index (χ1n) is 8.90. The number of aryl methyl sites for hydroxylation is 1. The number of benzene rings is 1. The van der Waals surface area contributed by atoms with Crippen LogP contribution in [0.1, 0.15) is 19.8 Å². The molecule has 0 N–H and O–H groups in total. The van der Waals surface area contributed by atoms with Gasteiger partial charge in [0.25, 0.3) is 0 Å². The van der Waals surface area contributed by atoms with Crippen molar-refractivity contribution in [3.63, 3.8) is 0 Å². The second kappa shape index (κ2) is 7.35. The van der Waals surface area contributed by atoms with E-state index in [1.807, 2.05) is 23.1 Å². The highest BCUT2D eigenvalue weighted by atomic mass is 16.2. The normalized spacial score (nSPS) is 20.6. The number of amides is 1. The average molecular weight is 342 g/mol. The van der Waals surface area contributed by atoms with Gasteiger partial charge in [-0.3, -0.25) is 14.3 Å². The summed E-state index contributed by atoms with van der Waals surface area (Å²) in [7, 11) is 4.16. The molecule has 2 aromatic rings. The molecule has 2 atom stereocenters. The highest BCUT2D eigenvalue weighted by Crippen LogP contribution is 2.24. The van der Waals surface area contributed by atoms with Crippen molar-refractivity contribution in [3.8, 4) is 0 Å². The summed E-state index contributed by atoms with van der Waals surface area (Å²) in [6.07, 6.45) is 2.81. The molecular weight excluding hydrogens is 316 g/mol. The Balaban J connectivity index is 1.69. The molecule has 6 heteroatoms. The molecule has 0 spiro atoms. The van der Waals surface area contributed by atoms with Crippen LogP contribution in [0.25, 0.3) is 10.9 Å². The lowest BCUT2D eigenvalue weighted by molar-refractivity contribution is -0.130. The minimum Gasteiger partial charge on any atom is -0.341 e. The second-order valence-corrected chi connectivity index (χ2v) is 7.00. The first kappa shape index (κ1) is 17.6. The van der Waals surface area contributed by atoms with Crippen LogP contribution >= 0.6 is 0 Å². The molecule has 0 aliphatic carbocycles. The van der Waals surface area contributed by atoms with Gasteiger partial charge in [0, 0.05) is 30.9 Å². The second-order valence-electron chi connectivity index (χ2n) is 7.00. The van der Waals surface area contributed by atoms with E-state index >= 15 is 0 Å². The van der Waals surface area contributed by atoms with Crippen molar-refractivity contribution in [1.29, 1.82) is 0 Å². The summed E-state index contributed by atoms with van der Waals surface area (Å²) >= 11 is 0. The Bertz CT molecular complexity index is 814. The van der Waals surface area contributed by atoms with Gasteiger partial charge in [0.05, 0.1) is 18.3 Å². The molecule has 25 heavy (non-hydrogen) atoms. The predicted octanol–water partition coefficient (Wildman–Crippen LogP) is 1.59. The van der Waals surface area contributed by atoms with Crippen LogP contribution in [0.15, 0.2) is 35.3 Å². The van der Waals surface area contributed by atoms with Gasteiger partial charge in [0.2, 0.25) is 11.3 Å². The zero-order valence-corrected chi connectivity index (χ0v) is 15.2. The number of hydrogen-bond acceptors (Lipinski definition) is 4. The molecule has 2 heterocycles. The predicted molar refractivity (Wildman–Crippen MR) is 98.5 cm³/mol. The van der Waals surface area contributed by atoms with E-state index in [1.165, 1.54) is 6.20 Å². The van der Waals surface area contributed by atoms with Gasteiger partial charge in [0.1, 0.15) is 0 Å². The van der Waals surface area contributed by atoms with Crippen molar-refractivity contribution >= 4 is 16.8 Å². The zero-order chi connectivity index (χ0) is 18.0. The average Bonchev–Trinajstić information content (AvgIpc) is 3.06. The summed E-state index contributed by atoms with van der Waals surface area (Å²) in [5, 5.41) is 4.85. The van der Waals surface area contributed by atoms with E-state index in [0.29, 0.717) is 30.3 Å². The molecule has 1 aliphatic heterocycles. The van der Waals surface area contributed by atoms with Crippen molar-refractivity contribution < 1.29 is 4.79 Å². The molecule has 1 aliphatic rings. The molecule has 0 unspecified atom stereocenters. The molecule has 1 fully saturated rings. The minimum atomic E-state index is -0.0858. The van der Waals surface area contributed by atoms with Crippen molar-refractivity contribution in [2.24, 2.45) is 5.92 Å². The summed E-state index contributed by atoms with van der Waals surface area (Å²) < 4.78 is 1.76. The number of hydrogen-bond donors (Lipinski definition) is 0. The third-order valence-corrected chi connectivity index (χ3v) is 5.25. The molecule has 1 aromatic carbocycles. The lowest BCUT2D eigenvalue weighted by atomic mass is 10.0. The molecule has 134 valence electrons. The quantitative estimate of drug-likeness (QED) is 0.828. The van der Waals surface area contributed by atoms with Gasteiger partial charge in [-0.05, 0) is 32.1 Å². The van der Waals surface area contributed by atoms with E-state index in [2.05, 4.69) is 31.0 Å². The number of fused-ring (bicyclic) bond motifs is 1. The van der Waals surface area contributed by atoms with Gasteiger partial charge in [-0.1, -0.05) is 25.5 Å². The molecule has 1 saturated heterocycles. The monoisotopic (exact) mass is 342 g/mol. The Labute approximate surface area is 148 Å². The van der Waals surface area contributed by atoms with Gasteiger partial charge >= 0.3 is 0 Å². The lowest BCUT2D eigenvalue weighted by Crippen LogP contribution is -2.36.